The molecule has 3 atom stereocenters. The van der Waals surface area contributed by atoms with Crippen LogP contribution in [0.15, 0.2) is 42.5 Å². The van der Waals surface area contributed by atoms with Gasteiger partial charge in [0.2, 0.25) is 5.88 Å². The lowest BCUT2D eigenvalue weighted by Gasteiger charge is -2.33. The van der Waals surface area contributed by atoms with Gasteiger partial charge in [-0.2, -0.15) is 0 Å². The highest BCUT2D eigenvalue weighted by molar-refractivity contribution is 5.81. The van der Waals surface area contributed by atoms with Gasteiger partial charge in [-0.05, 0) is 86.1 Å². The topological polar surface area (TPSA) is 93.4 Å². The van der Waals surface area contributed by atoms with Crippen LogP contribution in [-0.2, 0) is 24.9 Å². The number of carbonyl (C=O) groups is 1. The minimum Gasteiger partial charge on any atom is -0.481 e. The highest BCUT2D eigenvalue weighted by atomic mass is 16.5. The summed E-state index contributed by atoms with van der Waals surface area (Å²) in [5.41, 5.74) is 9.37. The Morgan fingerprint density at radius 2 is 1.98 bits per heavy atom. The van der Waals surface area contributed by atoms with Gasteiger partial charge in [0.25, 0.3) is 0 Å². The van der Waals surface area contributed by atoms with Crippen LogP contribution in [0.4, 0.5) is 0 Å². The highest BCUT2D eigenvalue weighted by Gasteiger charge is 2.40. The van der Waals surface area contributed by atoms with Crippen LogP contribution in [0.2, 0.25) is 0 Å². The van der Waals surface area contributed by atoms with E-state index in [-0.39, 0.29) is 12.0 Å². The lowest BCUT2D eigenvalue weighted by atomic mass is 9.69. The van der Waals surface area contributed by atoms with Crippen molar-refractivity contribution in [3.05, 3.63) is 87.1 Å². The first kappa shape index (κ1) is 30.0. The van der Waals surface area contributed by atoms with Crippen LogP contribution in [0.25, 0.3) is 17.1 Å². The van der Waals surface area contributed by atoms with Crippen molar-refractivity contribution in [2.45, 2.75) is 85.4 Å². The summed E-state index contributed by atoms with van der Waals surface area (Å²) in [7, 11) is 1.87. The van der Waals surface area contributed by atoms with Gasteiger partial charge in [-0.3, -0.25) is 9.69 Å². The van der Waals surface area contributed by atoms with Gasteiger partial charge in [0, 0.05) is 44.1 Å². The lowest BCUT2D eigenvalue weighted by molar-refractivity contribution is -0.147. The zero-order valence-electron chi connectivity index (χ0n) is 26.9. The number of ether oxygens (including phenoxy) is 1. The number of aliphatic carboxylic acids is 1. The molecule has 2 aliphatic rings. The van der Waals surface area contributed by atoms with Crippen LogP contribution < -0.4 is 4.74 Å². The van der Waals surface area contributed by atoms with Gasteiger partial charge in [-0.25, -0.2) is 9.67 Å². The third kappa shape index (κ3) is 5.30. The van der Waals surface area contributed by atoms with E-state index in [0.29, 0.717) is 5.92 Å². The molecule has 0 amide bonds. The summed E-state index contributed by atoms with van der Waals surface area (Å²) in [6.07, 6.45) is 6.36. The second kappa shape index (κ2) is 11.5. The summed E-state index contributed by atoms with van der Waals surface area (Å²) in [6.45, 7) is 14.4. The van der Waals surface area contributed by atoms with Crippen molar-refractivity contribution in [3.63, 3.8) is 0 Å². The van der Waals surface area contributed by atoms with Crippen molar-refractivity contribution in [2.75, 3.05) is 6.54 Å². The summed E-state index contributed by atoms with van der Waals surface area (Å²) >= 11 is 0. The molecule has 2 aromatic heterocycles. The summed E-state index contributed by atoms with van der Waals surface area (Å²) in [4.78, 5) is 20.2. The lowest BCUT2D eigenvalue weighted by Crippen LogP contribution is -2.33. The smallest absolute Gasteiger partial charge is 0.310 e. The summed E-state index contributed by atoms with van der Waals surface area (Å²) in [5, 5.41) is 19.1. The van der Waals surface area contributed by atoms with Crippen LogP contribution in [0, 0.1) is 19.3 Å². The summed E-state index contributed by atoms with van der Waals surface area (Å²) in [6, 6.07) is 12.8. The van der Waals surface area contributed by atoms with Crippen molar-refractivity contribution in [3.8, 4) is 5.88 Å². The number of rotatable bonds is 7. The molecule has 1 aliphatic carbocycles. The van der Waals surface area contributed by atoms with Gasteiger partial charge in [-0.1, -0.05) is 55.5 Å². The van der Waals surface area contributed by atoms with Gasteiger partial charge < -0.3 is 9.84 Å². The molecule has 0 fully saturated rings. The molecular weight excluding hydrogens is 550 g/mol. The first-order valence-electron chi connectivity index (χ1n) is 15.7. The number of fused-ring (bicyclic) bond motifs is 3. The van der Waals surface area contributed by atoms with E-state index in [9.17, 15) is 9.90 Å². The molecule has 1 aliphatic heterocycles. The Labute approximate surface area is 259 Å². The number of aryl methyl sites for hydroxylation is 3. The maximum atomic E-state index is 12.7. The SMILES string of the molecule is CC[C@@H]1CN(Cc2cc(C(c3ccc4c(nnn4C)c3C)C(C)(C)C(=O)O)ccc2C)Cc2cc3c(nc2O1)C(C)CC=C3. The molecular formula is C36H43N5O3. The van der Waals surface area contributed by atoms with Crippen molar-refractivity contribution >= 4 is 23.1 Å². The van der Waals surface area contributed by atoms with E-state index >= 15 is 0 Å². The second-order valence-corrected chi connectivity index (χ2v) is 13.3. The van der Waals surface area contributed by atoms with E-state index in [1.807, 2.05) is 40.0 Å². The molecule has 4 aromatic rings. The van der Waals surface area contributed by atoms with Crippen molar-refractivity contribution in [1.82, 2.24) is 24.9 Å². The molecule has 0 saturated carbocycles. The molecule has 8 heteroatoms. The number of allylic oxidation sites excluding steroid dienone is 1. The van der Waals surface area contributed by atoms with E-state index < -0.39 is 11.4 Å². The van der Waals surface area contributed by atoms with E-state index in [1.54, 1.807) is 4.68 Å². The zero-order valence-corrected chi connectivity index (χ0v) is 26.9. The first-order valence-corrected chi connectivity index (χ1v) is 15.7. The van der Waals surface area contributed by atoms with Crippen LogP contribution in [-0.4, -0.2) is 48.6 Å². The average Bonchev–Trinajstić information content (AvgIpc) is 3.27. The average molecular weight is 594 g/mol. The molecule has 0 saturated heterocycles. The number of benzene rings is 2. The van der Waals surface area contributed by atoms with Crippen LogP contribution >= 0.6 is 0 Å². The summed E-state index contributed by atoms with van der Waals surface area (Å²) < 4.78 is 8.26. The molecule has 3 heterocycles. The van der Waals surface area contributed by atoms with Crippen LogP contribution in [0.1, 0.15) is 97.0 Å². The fourth-order valence-corrected chi connectivity index (χ4v) is 6.90. The van der Waals surface area contributed by atoms with E-state index in [1.165, 1.54) is 16.7 Å². The Morgan fingerprint density at radius 3 is 2.73 bits per heavy atom. The molecule has 0 bridgehead atoms. The Morgan fingerprint density at radius 1 is 1.18 bits per heavy atom. The minimum absolute atomic E-state index is 0.0415. The van der Waals surface area contributed by atoms with Gasteiger partial charge in [0.15, 0.2) is 0 Å². The fraction of sp³-hybridized carbons (Fsp3) is 0.444. The fourth-order valence-electron chi connectivity index (χ4n) is 6.90. The summed E-state index contributed by atoms with van der Waals surface area (Å²) in [5.74, 6) is -0.0692. The van der Waals surface area contributed by atoms with Crippen molar-refractivity contribution in [1.29, 1.82) is 0 Å². The number of hydrogen-bond donors (Lipinski definition) is 1. The first-order chi connectivity index (χ1) is 21.0. The van der Waals surface area contributed by atoms with E-state index in [2.05, 4.69) is 72.4 Å². The molecule has 0 radical (unpaired) electrons. The number of aromatic nitrogens is 4. The predicted octanol–water partition coefficient (Wildman–Crippen LogP) is 6.92. The maximum Gasteiger partial charge on any atom is 0.310 e. The van der Waals surface area contributed by atoms with Gasteiger partial charge >= 0.3 is 5.97 Å². The normalized spacial score (nSPS) is 19.2. The van der Waals surface area contributed by atoms with Crippen molar-refractivity contribution in [2.24, 2.45) is 12.5 Å². The van der Waals surface area contributed by atoms with E-state index in [0.717, 1.165) is 77.3 Å². The third-order valence-corrected chi connectivity index (χ3v) is 9.73. The van der Waals surface area contributed by atoms with Crippen LogP contribution in [0.5, 0.6) is 5.88 Å². The quantitative estimate of drug-likeness (QED) is 0.249. The number of pyridine rings is 1. The molecule has 44 heavy (non-hydrogen) atoms. The molecule has 6 rings (SSSR count). The van der Waals surface area contributed by atoms with Crippen molar-refractivity contribution < 1.29 is 14.6 Å². The molecule has 8 nitrogen and oxygen atoms in total. The monoisotopic (exact) mass is 593 g/mol. The Bertz CT molecular complexity index is 1770. The van der Waals surface area contributed by atoms with Gasteiger partial charge in [0.05, 0.1) is 16.6 Å². The molecule has 230 valence electrons. The molecule has 2 unspecified atom stereocenters. The molecule has 0 spiro atoms. The Balaban J connectivity index is 1.38. The zero-order chi connectivity index (χ0) is 31.3. The second-order valence-electron chi connectivity index (χ2n) is 13.3. The Hall–Kier alpha value is -4.04. The number of carboxylic acids is 1. The van der Waals surface area contributed by atoms with E-state index in [4.69, 9.17) is 9.72 Å². The molecule has 2 aromatic carbocycles. The molecule has 1 N–H and O–H groups in total. The van der Waals surface area contributed by atoms with Crippen LogP contribution in [0.3, 0.4) is 0 Å². The third-order valence-electron chi connectivity index (χ3n) is 9.73. The Kier molecular flexibility index (Phi) is 7.82. The number of nitrogens with zero attached hydrogens (tertiary/aromatic N) is 5. The highest BCUT2D eigenvalue weighted by Crippen LogP contribution is 2.44. The maximum absolute atomic E-state index is 12.7. The number of carboxylic acid groups (broad SMARTS) is 1. The van der Waals surface area contributed by atoms with Gasteiger partial charge in [-0.15, -0.1) is 5.10 Å². The predicted molar refractivity (Wildman–Crippen MR) is 173 cm³/mol. The van der Waals surface area contributed by atoms with Gasteiger partial charge in [0.1, 0.15) is 11.6 Å². The number of hydrogen-bond acceptors (Lipinski definition) is 6. The standard InChI is InChI=1S/C36H43N5O3/c1-8-28-20-41(19-27-17-25-11-9-10-22(3)32(25)37-34(27)44-28)18-26-16-24(13-12-21(26)2)31(36(5,6)35(42)43)29-14-15-30-33(23(29)4)38-39-40(30)7/h9,11-17,22,28,31H,8,10,18-20H2,1-7H3,(H,42,43)/t22?,28-,31?/m1/s1. The minimum atomic E-state index is -1.06. The largest absolute Gasteiger partial charge is 0.481 e.